The lowest BCUT2D eigenvalue weighted by Crippen LogP contribution is -2.41. The Labute approximate surface area is 199 Å². The molecule has 1 fully saturated rings. The van der Waals surface area contributed by atoms with E-state index < -0.39 is 17.9 Å². The molecule has 1 aliphatic rings. The number of aliphatic carboxylic acids is 1. The van der Waals surface area contributed by atoms with Crippen LogP contribution < -0.4 is 10.1 Å². The van der Waals surface area contributed by atoms with E-state index >= 15 is 0 Å². The highest BCUT2D eigenvalue weighted by Crippen LogP contribution is 2.36. The molecule has 0 aliphatic carbocycles. The second kappa shape index (κ2) is 10.2. The van der Waals surface area contributed by atoms with Crippen LogP contribution in [0.5, 0.6) is 5.75 Å². The summed E-state index contributed by atoms with van der Waals surface area (Å²) in [5.41, 5.74) is 2.07. The third-order valence-electron chi connectivity index (χ3n) is 4.60. The van der Waals surface area contributed by atoms with E-state index in [9.17, 15) is 19.5 Å². The number of carboxylic acids is 1. The lowest BCUT2D eigenvalue weighted by atomic mass is 10.1. The highest BCUT2D eigenvalue weighted by molar-refractivity contribution is 8.26. The summed E-state index contributed by atoms with van der Waals surface area (Å²) >= 11 is 12.3. The third-order valence-corrected chi connectivity index (χ3v) is 6.17. The van der Waals surface area contributed by atoms with Crippen LogP contribution in [0.1, 0.15) is 18.1 Å². The van der Waals surface area contributed by atoms with Crippen LogP contribution >= 0.6 is 35.6 Å². The number of halogens is 1. The summed E-state index contributed by atoms with van der Waals surface area (Å²) in [4.78, 5) is 37.6. The third kappa shape index (κ3) is 5.48. The van der Waals surface area contributed by atoms with Gasteiger partial charge in [0, 0.05) is 16.3 Å². The van der Waals surface area contributed by atoms with Gasteiger partial charge < -0.3 is 15.2 Å². The molecule has 10 heteroatoms. The maximum absolute atomic E-state index is 12.7. The standard InChI is InChI=1S/C22H19ClN2O5S2/c1-12-5-3-4-6-16(12)24-19(26)11-30-17-8-7-15(23)9-14(17)10-18-20(27)25(22(31)32-18)13(2)21(28)29/h3-10,13H,11H2,1-2H3,(H,24,26)(H,28,29)/b18-10-. The summed E-state index contributed by atoms with van der Waals surface area (Å²) in [5, 5.41) is 12.4. The zero-order chi connectivity index (χ0) is 23.4. The first-order chi connectivity index (χ1) is 15.2. The molecule has 0 bridgehead atoms. The van der Waals surface area contributed by atoms with Crippen molar-refractivity contribution in [2.24, 2.45) is 0 Å². The molecule has 2 aromatic rings. The number of hydrogen-bond acceptors (Lipinski definition) is 6. The van der Waals surface area contributed by atoms with Crippen LogP contribution in [0.4, 0.5) is 5.69 Å². The van der Waals surface area contributed by atoms with Crippen molar-refractivity contribution in [3.63, 3.8) is 0 Å². The number of benzene rings is 2. The Morgan fingerprint density at radius 1 is 1.31 bits per heavy atom. The predicted molar refractivity (Wildman–Crippen MR) is 129 cm³/mol. The summed E-state index contributed by atoms with van der Waals surface area (Å²) in [6, 6.07) is 11.1. The van der Waals surface area contributed by atoms with Gasteiger partial charge in [-0.25, -0.2) is 4.79 Å². The summed E-state index contributed by atoms with van der Waals surface area (Å²) < 4.78 is 5.83. The molecular weight excluding hydrogens is 472 g/mol. The lowest BCUT2D eigenvalue weighted by molar-refractivity contribution is -0.144. The number of hydrogen-bond donors (Lipinski definition) is 2. The highest BCUT2D eigenvalue weighted by atomic mass is 35.5. The molecule has 7 nitrogen and oxygen atoms in total. The van der Waals surface area contributed by atoms with Crippen LogP contribution in [-0.2, 0) is 14.4 Å². The Bertz CT molecular complexity index is 1140. The molecule has 1 aliphatic heterocycles. The molecule has 2 amide bonds. The number of nitrogens with zero attached hydrogens (tertiary/aromatic N) is 1. The van der Waals surface area contributed by atoms with Crippen LogP contribution in [0.2, 0.25) is 5.02 Å². The van der Waals surface area contributed by atoms with Gasteiger partial charge in [0.05, 0.1) is 4.91 Å². The second-order valence-corrected chi connectivity index (χ2v) is 9.01. The average molecular weight is 491 g/mol. The van der Waals surface area contributed by atoms with Crippen LogP contribution in [0.25, 0.3) is 6.08 Å². The minimum Gasteiger partial charge on any atom is -0.483 e. The van der Waals surface area contributed by atoms with Gasteiger partial charge in [-0.3, -0.25) is 14.5 Å². The fourth-order valence-electron chi connectivity index (χ4n) is 2.87. The summed E-state index contributed by atoms with van der Waals surface area (Å²) in [6.45, 7) is 3.01. The number of para-hydroxylation sites is 1. The van der Waals surface area contributed by atoms with Gasteiger partial charge in [-0.1, -0.05) is 53.8 Å². The Morgan fingerprint density at radius 2 is 2.03 bits per heavy atom. The van der Waals surface area contributed by atoms with Gasteiger partial charge in [-0.2, -0.15) is 0 Å². The predicted octanol–water partition coefficient (Wildman–Crippen LogP) is 4.34. The van der Waals surface area contributed by atoms with E-state index in [4.69, 9.17) is 28.6 Å². The summed E-state index contributed by atoms with van der Waals surface area (Å²) in [6.07, 6.45) is 1.52. The minimum atomic E-state index is -1.16. The fourth-order valence-corrected chi connectivity index (χ4v) is 4.46. The molecule has 0 radical (unpaired) electrons. The van der Waals surface area contributed by atoms with Gasteiger partial charge in [0.1, 0.15) is 16.1 Å². The van der Waals surface area contributed by atoms with Crippen molar-refractivity contribution in [3.05, 3.63) is 63.5 Å². The first kappa shape index (κ1) is 23.8. The number of carboxylic acid groups (broad SMARTS) is 1. The van der Waals surface area contributed by atoms with Crippen LogP contribution in [0.3, 0.4) is 0 Å². The minimum absolute atomic E-state index is 0.151. The van der Waals surface area contributed by atoms with E-state index in [0.29, 0.717) is 22.0 Å². The van der Waals surface area contributed by atoms with E-state index in [1.807, 2.05) is 25.1 Å². The molecule has 1 heterocycles. The Kier molecular flexibility index (Phi) is 7.55. The Hall–Kier alpha value is -2.88. The van der Waals surface area contributed by atoms with Crippen LogP contribution in [0, 0.1) is 6.92 Å². The zero-order valence-electron chi connectivity index (χ0n) is 17.1. The number of thioether (sulfide) groups is 1. The second-order valence-electron chi connectivity index (χ2n) is 6.90. The van der Waals surface area contributed by atoms with Gasteiger partial charge in [0.15, 0.2) is 6.61 Å². The molecule has 3 rings (SSSR count). The van der Waals surface area contributed by atoms with Crippen molar-refractivity contribution < 1.29 is 24.2 Å². The number of thiocarbonyl (C=S) groups is 1. The van der Waals surface area contributed by atoms with Crippen molar-refractivity contribution in [1.29, 1.82) is 0 Å². The fraction of sp³-hybridized carbons (Fsp3) is 0.182. The molecule has 0 spiro atoms. The summed E-state index contributed by atoms with van der Waals surface area (Å²) in [7, 11) is 0. The molecule has 2 N–H and O–H groups in total. The molecule has 166 valence electrons. The normalized spacial score (nSPS) is 15.7. The Morgan fingerprint density at radius 3 is 2.72 bits per heavy atom. The van der Waals surface area contributed by atoms with Crippen molar-refractivity contribution in [2.45, 2.75) is 19.9 Å². The van der Waals surface area contributed by atoms with Crippen molar-refractivity contribution in [1.82, 2.24) is 4.90 Å². The topological polar surface area (TPSA) is 95.9 Å². The maximum atomic E-state index is 12.7. The van der Waals surface area contributed by atoms with Crippen molar-refractivity contribution in [3.8, 4) is 5.75 Å². The first-order valence-corrected chi connectivity index (χ1v) is 11.1. The summed E-state index contributed by atoms with van der Waals surface area (Å²) in [5.74, 6) is -1.68. The van der Waals surface area contributed by atoms with E-state index in [1.54, 1.807) is 24.3 Å². The molecule has 0 aromatic heterocycles. The van der Waals surface area contributed by atoms with Gasteiger partial charge >= 0.3 is 5.97 Å². The van der Waals surface area contributed by atoms with E-state index in [1.165, 1.54) is 13.0 Å². The Balaban J connectivity index is 1.77. The highest BCUT2D eigenvalue weighted by Gasteiger charge is 2.38. The quantitative estimate of drug-likeness (QED) is 0.440. The number of ether oxygens (including phenoxy) is 1. The number of anilines is 1. The number of nitrogens with one attached hydrogen (secondary N) is 1. The number of aryl methyl sites for hydroxylation is 1. The van der Waals surface area contributed by atoms with Gasteiger partial charge in [0.2, 0.25) is 0 Å². The first-order valence-electron chi connectivity index (χ1n) is 9.45. The molecule has 32 heavy (non-hydrogen) atoms. The SMILES string of the molecule is Cc1ccccc1NC(=O)COc1ccc(Cl)cc1/C=C1\SC(=S)N(C(C)C(=O)O)C1=O. The monoisotopic (exact) mass is 490 g/mol. The van der Waals surface area contributed by atoms with Gasteiger partial charge in [-0.15, -0.1) is 0 Å². The number of rotatable bonds is 7. The van der Waals surface area contributed by atoms with Crippen LogP contribution in [-0.4, -0.2) is 44.8 Å². The molecule has 0 saturated carbocycles. The number of carbonyl (C=O) groups is 3. The van der Waals surface area contributed by atoms with E-state index in [0.717, 1.165) is 22.2 Å². The van der Waals surface area contributed by atoms with E-state index in [2.05, 4.69) is 5.32 Å². The molecule has 1 saturated heterocycles. The van der Waals surface area contributed by atoms with Crippen molar-refractivity contribution >= 4 is 69.4 Å². The largest absolute Gasteiger partial charge is 0.483 e. The van der Waals surface area contributed by atoms with Crippen molar-refractivity contribution in [2.75, 3.05) is 11.9 Å². The number of amides is 2. The molecular formula is C22H19ClN2O5S2. The van der Waals surface area contributed by atoms with Gasteiger partial charge in [0.25, 0.3) is 11.8 Å². The van der Waals surface area contributed by atoms with E-state index in [-0.39, 0.29) is 21.7 Å². The van der Waals surface area contributed by atoms with Gasteiger partial charge in [-0.05, 0) is 49.8 Å². The molecule has 1 unspecified atom stereocenters. The smallest absolute Gasteiger partial charge is 0.326 e. The number of carbonyl (C=O) groups excluding carboxylic acids is 2. The zero-order valence-corrected chi connectivity index (χ0v) is 19.5. The maximum Gasteiger partial charge on any atom is 0.326 e. The lowest BCUT2D eigenvalue weighted by Gasteiger charge is -2.18. The average Bonchev–Trinajstić information content (AvgIpc) is 3.01. The van der Waals surface area contributed by atoms with Crippen LogP contribution in [0.15, 0.2) is 47.4 Å². The molecule has 2 aromatic carbocycles. The molecule has 1 atom stereocenters.